The molecule has 0 aliphatic carbocycles. The van der Waals surface area contributed by atoms with Gasteiger partial charge in [-0.25, -0.2) is 0 Å². The zero-order valence-corrected chi connectivity index (χ0v) is 6.31. The number of hydrogen-bond donors (Lipinski definition) is 1. The summed E-state index contributed by atoms with van der Waals surface area (Å²) in [5, 5.41) is 9.00. The van der Waals surface area contributed by atoms with Gasteiger partial charge in [-0.3, -0.25) is 4.79 Å². The summed E-state index contributed by atoms with van der Waals surface area (Å²) in [7, 11) is 0. The number of phenolic OH excluding ortho intramolecular Hbond substituents is 1. The number of aromatic hydroxyl groups is 1. The van der Waals surface area contributed by atoms with Crippen molar-refractivity contribution in [3.8, 4) is 11.5 Å². The van der Waals surface area contributed by atoms with Gasteiger partial charge in [-0.1, -0.05) is 6.07 Å². The highest BCUT2D eigenvalue weighted by Crippen LogP contribution is 2.17. The van der Waals surface area contributed by atoms with E-state index in [0.717, 1.165) is 0 Å². The minimum Gasteiger partial charge on any atom is -0.508 e. The maximum absolute atomic E-state index is 9.85. The number of aldehydes is 1. The standard InChI is InChI=1S/C9H8O3/c10-5-2-6-12-9-4-1-3-8(11)7-9/h1-7,11H/b6-2+. The van der Waals surface area contributed by atoms with Crippen LogP contribution in [-0.2, 0) is 4.79 Å². The summed E-state index contributed by atoms with van der Waals surface area (Å²) < 4.78 is 4.96. The lowest BCUT2D eigenvalue weighted by atomic mass is 10.3. The number of hydrogen-bond acceptors (Lipinski definition) is 3. The van der Waals surface area contributed by atoms with Crippen LogP contribution in [-0.4, -0.2) is 11.4 Å². The van der Waals surface area contributed by atoms with Gasteiger partial charge in [-0.2, -0.15) is 0 Å². The fourth-order valence-electron chi connectivity index (χ4n) is 0.707. The molecule has 1 N–H and O–H groups in total. The molecule has 0 saturated carbocycles. The molecule has 1 aromatic rings. The highest BCUT2D eigenvalue weighted by molar-refractivity contribution is 5.64. The first-order chi connectivity index (χ1) is 5.83. The second-order valence-corrected chi connectivity index (χ2v) is 2.08. The van der Waals surface area contributed by atoms with Crippen LogP contribution < -0.4 is 4.74 Å². The molecule has 0 radical (unpaired) electrons. The highest BCUT2D eigenvalue weighted by atomic mass is 16.5. The lowest BCUT2D eigenvalue weighted by Gasteiger charge is -1.98. The molecule has 3 heteroatoms. The molecule has 0 aliphatic rings. The first-order valence-corrected chi connectivity index (χ1v) is 3.39. The van der Waals surface area contributed by atoms with Crippen LogP contribution in [0.25, 0.3) is 0 Å². The minimum atomic E-state index is 0.131. The van der Waals surface area contributed by atoms with Crippen LogP contribution in [0.4, 0.5) is 0 Å². The summed E-state index contributed by atoms with van der Waals surface area (Å²) in [6.07, 6.45) is 3.09. The molecular formula is C9H8O3. The number of carbonyl (C=O) groups is 1. The highest BCUT2D eigenvalue weighted by Gasteiger charge is 1.90. The molecule has 3 nitrogen and oxygen atoms in total. The SMILES string of the molecule is O=C/C=C/Oc1cccc(O)c1. The number of phenols is 1. The van der Waals surface area contributed by atoms with E-state index in [1.807, 2.05) is 0 Å². The summed E-state index contributed by atoms with van der Waals surface area (Å²) in [4.78, 5) is 9.85. The van der Waals surface area contributed by atoms with Crippen molar-refractivity contribution in [3.63, 3.8) is 0 Å². The molecule has 0 amide bonds. The smallest absolute Gasteiger partial charge is 0.145 e. The van der Waals surface area contributed by atoms with Crippen LogP contribution in [0.15, 0.2) is 36.6 Å². The van der Waals surface area contributed by atoms with Gasteiger partial charge in [0.25, 0.3) is 0 Å². The van der Waals surface area contributed by atoms with E-state index in [-0.39, 0.29) is 5.75 Å². The topological polar surface area (TPSA) is 46.5 Å². The minimum absolute atomic E-state index is 0.131. The lowest BCUT2D eigenvalue weighted by molar-refractivity contribution is -0.104. The second kappa shape index (κ2) is 4.18. The molecule has 0 atom stereocenters. The first kappa shape index (κ1) is 8.33. The van der Waals surface area contributed by atoms with Crippen LogP contribution in [0, 0.1) is 0 Å². The van der Waals surface area contributed by atoms with Crippen molar-refractivity contribution in [1.29, 1.82) is 0 Å². The van der Waals surface area contributed by atoms with Crippen LogP contribution in [0.2, 0.25) is 0 Å². The average molecular weight is 164 g/mol. The quantitative estimate of drug-likeness (QED) is 0.418. The summed E-state index contributed by atoms with van der Waals surface area (Å²) in [5.74, 6) is 0.625. The van der Waals surface area contributed by atoms with Gasteiger partial charge in [-0.05, 0) is 12.1 Å². The van der Waals surface area contributed by atoms with Crippen molar-refractivity contribution < 1.29 is 14.6 Å². The number of ether oxygens (including phenoxy) is 1. The van der Waals surface area contributed by atoms with Gasteiger partial charge < -0.3 is 9.84 Å². The Balaban J connectivity index is 2.63. The van der Waals surface area contributed by atoms with Crippen molar-refractivity contribution in [1.82, 2.24) is 0 Å². The van der Waals surface area contributed by atoms with Crippen LogP contribution >= 0.6 is 0 Å². The third kappa shape index (κ3) is 2.46. The molecule has 0 saturated heterocycles. The van der Waals surface area contributed by atoms with E-state index >= 15 is 0 Å². The Kier molecular flexibility index (Phi) is 2.90. The van der Waals surface area contributed by atoms with Gasteiger partial charge in [0.05, 0.1) is 6.26 Å². The van der Waals surface area contributed by atoms with Gasteiger partial charge >= 0.3 is 0 Å². The number of carbonyl (C=O) groups excluding carboxylic acids is 1. The Morgan fingerprint density at radius 2 is 2.25 bits per heavy atom. The third-order valence-corrected chi connectivity index (χ3v) is 1.18. The zero-order chi connectivity index (χ0) is 8.81. The molecular weight excluding hydrogens is 156 g/mol. The van der Waals surface area contributed by atoms with Gasteiger partial charge in [0.1, 0.15) is 17.8 Å². The molecule has 0 aromatic heterocycles. The number of rotatable bonds is 3. The third-order valence-electron chi connectivity index (χ3n) is 1.18. The first-order valence-electron chi connectivity index (χ1n) is 3.39. The van der Waals surface area contributed by atoms with Crippen LogP contribution in [0.3, 0.4) is 0 Å². The molecule has 1 aromatic carbocycles. The normalized spacial score (nSPS) is 10.0. The van der Waals surface area contributed by atoms with Gasteiger partial charge in [0.2, 0.25) is 0 Å². The molecule has 0 spiro atoms. The number of allylic oxidation sites excluding steroid dienone is 1. The summed E-state index contributed by atoms with van der Waals surface area (Å²) in [6.45, 7) is 0. The van der Waals surface area contributed by atoms with E-state index < -0.39 is 0 Å². The molecule has 0 aliphatic heterocycles. The molecule has 62 valence electrons. The Morgan fingerprint density at radius 1 is 1.42 bits per heavy atom. The maximum Gasteiger partial charge on any atom is 0.145 e. The fraction of sp³-hybridized carbons (Fsp3) is 0. The average Bonchev–Trinajstić information content (AvgIpc) is 2.05. The van der Waals surface area contributed by atoms with Gasteiger partial charge in [0.15, 0.2) is 0 Å². The molecule has 0 fully saturated rings. The van der Waals surface area contributed by atoms with Crippen molar-refractivity contribution in [2.24, 2.45) is 0 Å². The van der Waals surface area contributed by atoms with Gasteiger partial charge in [0, 0.05) is 12.1 Å². The molecule has 12 heavy (non-hydrogen) atoms. The van der Waals surface area contributed by atoms with E-state index in [1.54, 1.807) is 12.1 Å². The van der Waals surface area contributed by atoms with E-state index in [2.05, 4.69) is 0 Å². The molecule has 0 unspecified atom stereocenters. The largest absolute Gasteiger partial charge is 0.508 e. The van der Waals surface area contributed by atoms with E-state index in [1.165, 1.54) is 24.5 Å². The van der Waals surface area contributed by atoms with E-state index in [0.29, 0.717) is 12.0 Å². The monoisotopic (exact) mass is 164 g/mol. The predicted molar refractivity (Wildman–Crippen MR) is 43.9 cm³/mol. The van der Waals surface area contributed by atoms with Crippen molar-refractivity contribution in [3.05, 3.63) is 36.6 Å². The fourth-order valence-corrected chi connectivity index (χ4v) is 0.707. The summed E-state index contributed by atoms with van der Waals surface area (Å²) >= 11 is 0. The van der Waals surface area contributed by atoms with E-state index in [9.17, 15) is 4.79 Å². The Hall–Kier alpha value is -1.77. The number of benzene rings is 1. The Labute approximate surface area is 69.9 Å². The van der Waals surface area contributed by atoms with Crippen LogP contribution in [0.5, 0.6) is 11.5 Å². The van der Waals surface area contributed by atoms with Crippen molar-refractivity contribution >= 4 is 6.29 Å². The zero-order valence-electron chi connectivity index (χ0n) is 6.31. The molecule has 0 bridgehead atoms. The predicted octanol–water partition coefficient (Wildman–Crippen LogP) is 1.48. The van der Waals surface area contributed by atoms with E-state index in [4.69, 9.17) is 9.84 Å². The second-order valence-electron chi connectivity index (χ2n) is 2.08. The van der Waals surface area contributed by atoms with Crippen molar-refractivity contribution in [2.45, 2.75) is 0 Å². The van der Waals surface area contributed by atoms with Crippen LogP contribution in [0.1, 0.15) is 0 Å². The summed E-state index contributed by atoms with van der Waals surface area (Å²) in [5.41, 5.74) is 0. The Bertz CT molecular complexity index is 292. The van der Waals surface area contributed by atoms with Gasteiger partial charge in [-0.15, -0.1) is 0 Å². The molecule has 0 heterocycles. The summed E-state index contributed by atoms with van der Waals surface area (Å²) in [6, 6.07) is 6.32. The van der Waals surface area contributed by atoms with Crippen molar-refractivity contribution in [2.75, 3.05) is 0 Å². The lowest BCUT2D eigenvalue weighted by Crippen LogP contribution is -1.80. The molecule has 1 rings (SSSR count). The Morgan fingerprint density at radius 3 is 2.92 bits per heavy atom. The maximum atomic E-state index is 9.85.